The summed E-state index contributed by atoms with van der Waals surface area (Å²) in [7, 11) is -5.86. The monoisotopic (exact) mass is 480 g/mol. The molecule has 0 radical (unpaired) electrons. The molecule has 1 unspecified atom stereocenters. The second-order valence-electron chi connectivity index (χ2n) is 7.38. The molecule has 9 nitrogen and oxygen atoms in total. The first-order valence-electron chi connectivity index (χ1n) is 9.20. The Labute approximate surface area is 179 Å². The van der Waals surface area contributed by atoms with Crippen LogP contribution in [0.5, 0.6) is 5.88 Å². The van der Waals surface area contributed by atoms with E-state index in [1.807, 2.05) is 0 Å². The lowest BCUT2D eigenvalue weighted by Crippen LogP contribution is -2.49. The molecule has 2 fully saturated rings. The molecule has 1 amide bonds. The smallest absolute Gasteiger partial charge is 0.465 e. The van der Waals surface area contributed by atoms with Crippen LogP contribution in [0.1, 0.15) is 25.7 Å². The zero-order valence-corrected chi connectivity index (χ0v) is 17.2. The Hall–Kier alpha value is -2.54. The van der Waals surface area contributed by atoms with Crippen molar-refractivity contribution in [3.63, 3.8) is 0 Å². The van der Waals surface area contributed by atoms with Crippen molar-refractivity contribution in [2.75, 3.05) is 5.32 Å². The van der Waals surface area contributed by atoms with Gasteiger partial charge in [-0.1, -0.05) is 11.6 Å². The van der Waals surface area contributed by atoms with Crippen LogP contribution in [0.4, 0.5) is 23.8 Å². The van der Waals surface area contributed by atoms with E-state index in [1.165, 1.54) is 17.0 Å². The Morgan fingerprint density at radius 1 is 1.23 bits per heavy atom. The van der Waals surface area contributed by atoms with Gasteiger partial charge >= 0.3 is 21.7 Å². The van der Waals surface area contributed by atoms with Crippen LogP contribution >= 0.6 is 11.6 Å². The predicted molar refractivity (Wildman–Crippen MR) is 103 cm³/mol. The van der Waals surface area contributed by atoms with Gasteiger partial charge in [-0.3, -0.25) is 0 Å². The van der Waals surface area contributed by atoms with E-state index in [4.69, 9.17) is 11.6 Å². The van der Waals surface area contributed by atoms with Crippen molar-refractivity contribution in [3.8, 4) is 5.88 Å². The maximum Gasteiger partial charge on any atom is 0.534 e. The van der Waals surface area contributed by atoms with E-state index in [2.05, 4.69) is 19.5 Å². The highest BCUT2D eigenvalue weighted by Gasteiger charge is 2.49. The molecule has 0 aliphatic carbocycles. The largest absolute Gasteiger partial charge is 0.534 e. The summed E-state index contributed by atoms with van der Waals surface area (Å²) in [6.45, 7) is 0. The molecule has 4 rings (SSSR count). The summed E-state index contributed by atoms with van der Waals surface area (Å²) in [5.74, 6) is -0.445. The summed E-state index contributed by atoms with van der Waals surface area (Å²) in [5, 5.41) is 13.0. The number of piperidine rings is 1. The number of anilines is 1. The van der Waals surface area contributed by atoms with Crippen molar-refractivity contribution in [1.82, 2.24) is 14.9 Å². The second kappa shape index (κ2) is 7.55. The zero-order valence-electron chi connectivity index (χ0n) is 15.6. The van der Waals surface area contributed by atoms with Crippen LogP contribution in [0.15, 0.2) is 18.2 Å². The number of pyridine rings is 2. The molecular formula is C17H16ClF3N4O5S. The summed E-state index contributed by atoms with van der Waals surface area (Å²) >= 11 is 6.02. The summed E-state index contributed by atoms with van der Waals surface area (Å²) in [6.07, 6.45) is 1.74. The first kappa shape index (κ1) is 21.7. The van der Waals surface area contributed by atoms with Gasteiger partial charge < -0.3 is 19.5 Å². The fourth-order valence-corrected chi connectivity index (χ4v) is 4.80. The third-order valence-corrected chi connectivity index (χ3v) is 6.55. The van der Waals surface area contributed by atoms with Crippen LogP contribution in [-0.2, 0) is 10.1 Å². The molecule has 2 saturated heterocycles. The van der Waals surface area contributed by atoms with Crippen LogP contribution in [0.3, 0.4) is 0 Å². The van der Waals surface area contributed by atoms with Crippen LogP contribution in [0, 0.1) is 0 Å². The molecule has 3 atom stereocenters. The number of hydrogen-bond acceptors (Lipinski definition) is 7. The summed E-state index contributed by atoms with van der Waals surface area (Å²) in [5.41, 5.74) is -5.50. The van der Waals surface area contributed by atoms with Gasteiger partial charge in [0.2, 0.25) is 5.88 Å². The van der Waals surface area contributed by atoms with E-state index < -0.39 is 27.6 Å². The maximum atomic E-state index is 12.5. The fourth-order valence-electron chi connectivity index (χ4n) is 4.20. The molecular weight excluding hydrogens is 465 g/mol. The Balaban J connectivity index is 1.59. The Kier molecular flexibility index (Phi) is 5.28. The summed E-state index contributed by atoms with van der Waals surface area (Å²) < 4.78 is 64.1. The van der Waals surface area contributed by atoms with Gasteiger partial charge in [-0.25, -0.2) is 14.8 Å². The Morgan fingerprint density at radius 3 is 2.45 bits per heavy atom. The van der Waals surface area contributed by atoms with Crippen molar-refractivity contribution in [2.45, 2.75) is 49.3 Å². The quantitative estimate of drug-likeness (QED) is 0.387. The van der Waals surface area contributed by atoms with Crippen LogP contribution < -0.4 is 9.50 Å². The molecule has 0 spiro atoms. The molecule has 2 aliphatic rings. The van der Waals surface area contributed by atoms with Gasteiger partial charge in [-0.2, -0.15) is 21.6 Å². The molecule has 31 heavy (non-hydrogen) atoms. The van der Waals surface area contributed by atoms with Crippen LogP contribution in [0.25, 0.3) is 10.9 Å². The molecule has 14 heteroatoms. The standard InChI is InChI=1S/C17H16ClF3N4O5S/c18-13-7-12-11(3-4-14(23-12)30-31(28,29)17(19,20)21)15(24-13)22-8-5-9-1-2-10(6-8)25(9)16(26)27/h3-4,7-10H,1-2,5-6H2,(H,22,24)(H,26,27)/t8?,9-,10+. The number of halogens is 4. The number of aromatic nitrogens is 2. The van der Waals surface area contributed by atoms with E-state index in [9.17, 15) is 31.5 Å². The van der Waals surface area contributed by atoms with Gasteiger partial charge in [0.05, 0.1) is 5.52 Å². The van der Waals surface area contributed by atoms with Gasteiger partial charge in [-0.05, 0) is 31.7 Å². The first-order valence-corrected chi connectivity index (χ1v) is 11.0. The van der Waals surface area contributed by atoms with E-state index in [-0.39, 0.29) is 28.8 Å². The molecule has 2 bridgehead atoms. The topological polar surface area (TPSA) is 122 Å². The highest BCUT2D eigenvalue weighted by atomic mass is 35.5. The number of nitrogens with zero attached hydrogens (tertiary/aromatic N) is 3. The average Bonchev–Trinajstić information content (AvgIpc) is 2.91. The molecule has 4 heterocycles. The number of nitrogens with one attached hydrogen (secondary N) is 1. The molecule has 2 aromatic rings. The van der Waals surface area contributed by atoms with Gasteiger partial charge in [0.15, 0.2) is 0 Å². The highest BCUT2D eigenvalue weighted by Crippen LogP contribution is 2.37. The lowest BCUT2D eigenvalue weighted by Gasteiger charge is -2.37. The first-order chi connectivity index (χ1) is 14.4. The lowest BCUT2D eigenvalue weighted by molar-refractivity contribution is -0.0501. The van der Waals surface area contributed by atoms with Crippen molar-refractivity contribution in [3.05, 3.63) is 23.4 Å². The van der Waals surface area contributed by atoms with Gasteiger partial charge in [0.25, 0.3) is 0 Å². The predicted octanol–water partition coefficient (Wildman–Crippen LogP) is 3.60. The summed E-state index contributed by atoms with van der Waals surface area (Å²) in [4.78, 5) is 20.9. The number of amides is 1. The third kappa shape index (κ3) is 4.15. The number of carboxylic acid groups (broad SMARTS) is 1. The minimum absolute atomic E-state index is 0.00993. The molecule has 0 aromatic carbocycles. The second-order valence-corrected chi connectivity index (χ2v) is 9.31. The molecule has 2 aliphatic heterocycles. The number of carbonyl (C=O) groups is 1. The third-order valence-electron chi connectivity index (χ3n) is 5.40. The number of alkyl halides is 3. The molecule has 2 aromatic heterocycles. The van der Waals surface area contributed by atoms with Crippen molar-refractivity contribution in [1.29, 1.82) is 0 Å². The zero-order chi connectivity index (χ0) is 22.6. The summed E-state index contributed by atoms with van der Waals surface area (Å²) in [6, 6.07) is 3.28. The fraction of sp³-hybridized carbons (Fsp3) is 0.471. The molecule has 168 valence electrons. The normalized spacial score (nSPS) is 23.7. The number of fused-ring (bicyclic) bond motifs is 3. The Morgan fingerprint density at radius 2 is 1.87 bits per heavy atom. The Bertz CT molecular complexity index is 1130. The maximum absolute atomic E-state index is 12.5. The van der Waals surface area contributed by atoms with Gasteiger partial charge in [0, 0.05) is 35.6 Å². The van der Waals surface area contributed by atoms with E-state index in [0.717, 1.165) is 18.9 Å². The average molecular weight is 481 g/mol. The van der Waals surface area contributed by atoms with E-state index >= 15 is 0 Å². The van der Waals surface area contributed by atoms with Crippen molar-refractivity contribution < 1.29 is 35.7 Å². The van der Waals surface area contributed by atoms with Crippen LogP contribution in [-0.4, -0.2) is 58.1 Å². The van der Waals surface area contributed by atoms with Gasteiger partial charge in [0.1, 0.15) is 11.0 Å². The minimum Gasteiger partial charge on any atom is -0.465 e. The SMILES string of the molecule is O=C(O)N1[C@@H]2CC[C@H]1CC(Nc1nc(Cl)cc3nc(OS(=O)(=O)C(F)(F)F)ccc13)C2. The number of hydrogen-bond donors (Lipinski definition) is 2. The van der Waals surface area contributed by atoms with Crippen molar-refractivity contribution in [2.24, 2.45) is 0 Å². The van der Waals surface area contributed by atoms with Gasteiger partial charge in [-0.15, -0.1) is 0 Å². The van der Waals surface area contributed by atoms with E-state index in [1.54, 1.807) is 0 Å². The molecule has 0 saturated carbocycles. The number of rotatable bonds is 4. The van der Waals surface area contributed by atoms with Crippen molar-refractivity contribution >= 4 is 44.5 Å². The van der Waals surface area contributed by atoms with Crippen LogP contribution in [0.2, 0.25) is 5.15 Å². The minimum atomic E-state index is -5.86. The van der Waals surface area contributed by atoms with E-state index in [0.29, 0.717) is 24.0 Å². The molecule has 2 N–H and O–H groups in total. The highest BCUT2D eigenvalue weighted by molar-refractivity contribution is 7.87. The lowest BCUT2D eigenvalue weighted by atomic mass is 9.97.